The number of carboxylic acid groups (broad SMARTS) is 1. The van der Waals surface area contributed by atoms with Crippen LogP contribution in [-0.2, 0) is 4.79 Å². The Balaban J connectivity index is 2.39. The van der Waals surface area contributed by atoms with Crippen molar-refractivity contribution in [2.45, 2.75) is 13.8 Å². The first-order valence-electron chi connectivity index (χ1n) is 3.79. The first-order valence-corrected chi connectivity index (χ1v) is 6.12. The quantitative estimate of drug-likeness (QED) is 0.381. The number of carbonyl (C=O) groups excluding carboxylic acids is 1. The molecule has 1 fully saturated rings. The van der Waals surface area contributed by atoms with Crippen molar-refractivity contribution in [1.29, 1.82) is 0 Å². The number of hydrogen-bond donors (Lipinski definition) is 0. The molecule has 2 bridgehead atoms. The largest absolute Gasteiger partial charge is 0.549 e. The number of carboxylic acids is 1. The maximum absolute atomic E-state index is 11.0. The molecule has 0 aliphatic heterocycles. The van der Waals surface area contributed by atoms with Crippen LogP contribution in [0.15, 0.2) is 12.2 Å². The van der Waals surface area contributed by atoms with E-state index in [0.29, 0.717) is 5.92 Å². The Labute approximate surface area is 98.1 Å². The number of aliphatic carboxylic acids is 1. The lowest BCUT2D eigenvalue weighted by Gasteiger charge is -2.34. The molecule has 0 aromatic heterocycles. The van der Waals surface area contributed by atoms with Crippen LogP contribution in [0.3, 0.4) is 0 Å². The number of rotatable bonds is 1. The summed E-state index contributed by atoms with van der Waals surface area (Å²) < 4.78 is -0.465. The van der Waals surface area contributed by atoms with Crippen LogP contribution in [0.2, 0.25) is 0 Å². The molecule has 0 aromatic rings. The summed E-state index contributed by atoms with van der Waals surface area (Å²) in [6.45, 7) is 0. The van der Waals surface area contributed by atoms with Crippen LogP contribution in [0.25, 0.3) is 0 Å². The minimum atomic E-state index is -0.903. The maximum atomic E-state index is 11.0. The van der Waals surface area contributed by atoms with Gasteiger partial charge in [0.15, 0.2) is 0 Å². The SMILES string of the molecule is O=C([O-])C1(I)C2C=CC(C2)C1I. The van der Waals surface area contributed by atoms with Gasteiger partial charge in [0.2, 0.25) is 0 Å². The summed E-state index contributed by atoms with van der Waals surface area (Å²) in [6.07, 6.45) is 5.16. The van der Waals surface area contributed by atoms with Gasteiger partial charge in [-0.25, -0.2) is 0 Å². The van der Waals surface area contributed by atoms with E-state index in [1.807, 2.05) is 6.08 Å². The fourth-order valence-corrected chi connectivity index (χ4v) is 4.21. The molecule has 2 rings (SSSR count). The smallest absolute Gasteiger partial charge is 0.0800 e. The highest BCUT2D eigenvalue weighted by atomic mass is 127. The lowest BCUT2D eigenvalue weighted by atomic mass is 9.94. The molecule has 2 aliphatic carbocycles. The van der Waals surface area contributed by atoms with Gasteiger partial charge in [0.25, 0.3) is 0 Å². The standard InChI is InChI=1S/C8H8I2O2/c9-6-4-1-2-5(3-4)8(6,10)7(11)12/h1-2,4-6H,3H2,(H,11,12)/p-1. The predicted octanol–water partition coefficient (Wildman–Crippen LogP) is 0.920. The van der Waals surface area contributed by atoms with Crippen LogP contribution in [0, 0.1) is 11.8 Å². The normalized spacial score (nSPS) is 50.0. The zero-order chi connectivity index (χ0) is 8.93. The van der Waals surface area contributed by atoms with E-state index < -0.39 is 9.39 Å². The van der Waals surface area contributed by atoms with Crippen molar-refractivity contribution in [2.75, 3.05) is 0 Å². The van der Waals surface area contributed by atoms with E-state index in [4.69, 9.17) is 0 Å². The minimum Gasteiger partial charge on any atom is -0.549 e. The van der Waals surface area contributed by atoms with Gasteiger partial charge in [-0.2, -0.15) is 0 Å². The van der Waals surface area contributed by atoms with Crippen LogP contribution in [-0.4, -0.2) is 13.3 Å². The van der Waals surface area contributed by atoms with E-state index in [1.54, 1.807) is 0 Å². The van der Waals surface area contributed by atoms with E-state index in [0.717, 1.165) is 6.42 Å². The van der Waals surface area contributed by atoms with E-state index in [1.165, 1.54) is 0 Å². The molecule has 2 aliphatic rings. The van der Waals surface area contributed by atoms with Crippen LogP contribution < -0.4 is 5.11 Å². The van der Waals surface area contributed by atoms with E-state index >= 15 is 0 Å². The number of fused-ring (bicyclic) bond motifs is 2. The number of alkyl halides is 2. The van der Waals surface area contributed by atoms with E-state index in [9.17, 15) is 9.90 Å². The summed E-state index contributed by atoms with van der Waals surface area (Å²) in [5, 5.41) is 11.0. The van der Waals surface area contributed by atoms with Crippen molar-refractivity contribution in [1.82, 2.24) is 0 Å². The number of allylic oxidation sites excluding steroid dienone is 2. The Morgan fingerprint density at radius 2 is 2.25 bits per heavy atom. The number of carbonyl (C=O) groups is 1. The molecule has 12 heavy (non-hydrogen) atoms. The average Bonchev–Trinajstić information content (AvgIpc) is 2.55. The summed E-state index contributed by atoms with van der Waals surface area (Å²) in [5.74, 6) is -0.264. The zero-order valence-electron chi connectivity index (χ0n) is 6.17. The molecule has 66 valence electrons. The first kappa shape index (κ1) is 9.23. The predicted molar refractivity (Wildman–Crippen MR) is 60.3 cm³/mol. The molecule has 0 spiro atoms. The van der Waals surface area contributed by atoms with Gasteiger partial charge in [0.05, 0.1) is 9.39 Å². The van der Waals surface area contributed by atoms with Gasteiger partial charge >= 0.3 is 0 Å². The molecule has 0 heterocycles. The summed E-state index contributed by atoms with van der Waals surface area (Å²) >= 11 is 4.29. The van der Waals surface area contributed by atoms with Crippen molar-refractivity contribution >= 4 is 51.2 Å². The molecule has 4 unspecified atom stereocenters. The summed E-state index contributed by atoms with van der Waals surface area (Å²) in [7, 11) is 0. The molecule has 4 atom stereocenters. The Bertz CT molecular complexity index is 264. The van der Waals surface area contributed by atoms with Gasteiger partial charge < -0.3 is 9.90 Å². The number of hydrogen-bond acceptors (Lipinski definition) is 2. The molecular formula is C8H7I2O2-. The molecular weight excluding hydrogens is 382 g/mol. The molecule has 0 saturated heterocycles. The van der Waals surface area contributed by atoms with Crippen LogP contribution >= 0.6 is 45.2 Å². The highest BCUT2D eigenvalue weighted by molar-refractivity contribution is 14.1. The van der Waals surface area contributed by atoms with Gasteiger partial charge in [0, 0.05) is 3.92 Å². The van der Waals surface area contributed by atoms with Crippen molar-refractivity contribution in [3.05, 3.63) is 12.2 Å². The molecule has 2 nitrogen and oxygen atoms in total. The third-order valence-electron chi connectivity index (χ3n) is 2.75. The molecule has 0 N–H and O–H groups in total. The Morgan fingerprint density at radius 3 is 2.58 bits per heavy atom. The second-order valence-electron chi connectivity index (χ2n) is 3.35. The molecule has 4 heteroatoms. The first-order chi connectivity index (χ1) is 5.56. The Hall–Kier alpha value is 0.670. The highest BCUT2D eigenvalue weighted by Crippen LogP contribution is 2.54. The number of halogens is 2. The molecule has 0 radical (unpaired) electrons. The fourth-order valence-electron chi connectivity index (χ4n) is 2.04. The third kappa shape index (κ3) is 0.995. The topological polar surface area (TPSA) is 40.1 Å². The zero-order valence-corrected chi connectivity index (χ0v) is 10.5. The second kappa shape index (κ2) is 2.83. The van der Waals surface area contributed by atoms with Gasteiger partial charge in [0.1, 0.15) is 0 Å². The minimum absolute atomic E-state index is 0.190. The summed E-state index contributed by atoms with van der Waals surface area (Å²) in [6, 6.07) is 0. The highest BCUT2D eigenvalue weighted by Gasteiger charge is 2.54. The third-order valence-corrected chi connectivity index (χ3v) is 7.76. The van der Waals surface area contributed by atoms with E-state index in [2.05, 4.69) is 51.3 Å². The average molecular weight is 389 g/mol. The maximum Gasteiger partial charge on any atom is 0.0800 e. The van der Waals surface area contributed by atoms with Crippen molar-refractivity contribution in [2.24, 2.45) is 11.8 Å². The monoisotopic (exact) mass is 389 g/mol. The van der Waals surface area contributed by atoms with Crippen molar-refractivity contribution < 1.29 is 9.90 Å². The summed E-state index contributed by atoms with van der Waals surface area (Å²) in [5.41, 5.74) is 0. The van der Waals surface area contributed by atoms with Crippen LogP contribution in [0.4, 0.5) is 0 Å². The van der Waals surface area contributed by atoms with Crippen molar-refractivity contribution in [3.63, 3.8) is 0 Å². The van der Waals surface area contributed by atoms with Gasteiger partial charge in [-0.15, -0.1) is 0 Å². The second-order valence-corrected chi connectivity index (χ2v) is 6.48. The van der Waals surface area contributed by atoms with Gasteiger partial charge in [-0.3, -0.25) is 0 Å². The molecule has 1 saturated carbocycles. The Morgan fingerprint density at radius 1 is 1.58 bits per heavy atom. The van der Waals surface area contributed by atoms with Crippen LogP contribution in [0.1, 0.15) is 6.42 Å². The molecule has 0 amide bonds. The summed E-state index contributed by atoms with van der Waals surface area (Å²) in [4.78, 5) is 11.0. The van der Waals surface area contributed by atoms with Crippen LogP contribution in [0.5, 0.6) is 0 Å². The van der Waals surface area contributed by atoms with Gasteiger partial charge in [-0.05, 0) is 18.3 Å². The lowest BCUT2D eigenvalue weighted by Crippen LogP contribution is -2.51. The van der Waals surface area contributed by atoms with Crippen molar-refractivity contribution in [3.8, 4) is 0 Å². The molecule has 0 aromatic carbocycles. The fraction of sp³-hybridized carbons (Fsp3) is 0.625. The Kier molecular flexibility index (Phi) is 2.18. The van der Waals surface area contributed by atoms with E-state index in [-0.39, 0.29) is 9.84 Å². The van der Waals surface area contributed by atoms with Gasteiger partial charge in [-0.1, -0.05) is 57.3 Å². The lowest BCUT2D eigenvalue weighted by molar-refractivity contribution is -0.308.